The van der Waals surface area contributed by atoms with Gasteiger partial charge in [-0.3, -0.25) is 0 Å². The number of likely N-dealkylation sites (tertiary alicyclic amines) is 1. The lowest BCUT2D eigenvalue weighted by atomic mass is 9.95. The molecule has 0 spiro atoms. The molecule has 2 aromatic rings. The van der Waals surface area contributed by atoms with Crippen LogP contribution in [0.15, 0.2) is 42.5 Å². The number of nitrogens with zero attached hydrogens (tertiary/aromatic N) is 2. The number of aryl methyl sites for hydroxylation is 2. The molecular weight excluding hydrogens is 418 g/mol. The molecule has 180 valence electrons. The van der Waals surface area contributed by atoms with Crippen molar-refractivity contribution in [3.05, 3.63) is 59.3 Å². The Labute approximate surface area is 196 Å². The third-order valence-electron chi connectivity index (χ3n) is 6.39. The van der Waals surface area contributed by atoms with E-state index in [0.717, 1.165) is 18.8 Å². The van der Waals surface area contributed by atoms with Crippen LogP contribution in [-0.2, 0) is 23.2 Å². The van der Waals surface area contributed by atoms with E-state index in [-0.39, 0.29) is 5.56 Å². The molecule has 1 unspecified atom stereocenters. The summed E-state index contributed by atoms with van der Waals surface area (Å²) in [5, 5.41) is 30.4. The Morgan fingerprint density at radius 2 is 1.79 bits per heavy atom. The van der Waals surface area contributed by atoms with Crippen LogP contribution in [0.2, 0.25) is 0 Å². The largest absolute Gasteiger partial charge is 0.479 e. The van der Waals surface area contributed by atoms with Crippen LogP contribution in [0.5, 0.6) is 0 Å². The predicted molar refractivity (Wildman–Crippen MR) is 129 cm³/mol. The number of carboxylic acids is 1. The molecule has 1 atom stereocenters. The summed E-state index contributed by atoms with van der Waals surface area (Å²) in [6.07, 6.45) is 10.4. The Hall–Kier alpha value is -2.48. The first kappa shape index (κ1) is 25.1. The number of carbonyl (C=O) groups is 1. The number of fused-ring (bicyclic) bond motifs is 1. The summed E-state index contributed by atoms with van der Waals surface area (Å²) in [6.45, 7) is 4.16. The summed E-state index contributed by atoms with van der Waals surface area (Å²) in [4.78, 5) is 18.0. The highest BCUT2D eigenvalue weighted by atomic mass is 16.4. The van der Waals surface area contributed by atoms with Gasteiger partial charge in [0.05, 0.1) is 6.61 Å². The number of anilines is 1. The monoisotopic (exact) mass is 455 g/mol. The van der Waals surface area contributed by atoms with E-state index in [1.54, 1.807) is 18.2 Å². The molecule has 0 bridgehead atoms. The average Bonchev–Trinajstić information content (AvgIpc) is 2.87. The average molecular weight is 456 g/mol. The van der Waals surface area contributed by atoms with Gasteiger partial charge in [0.2, 0.25) is 5.60 Å². The minimum absolute atomic E-state index is 0.171. The van der Waals surface area contributed by atoms with Gasteiger partial charge in [-0.05, 0) is 81.8 Å². The first-order valence-electron chi connectivity index (χ1n) is 12.1. The molecule has 2 aliphatic heterocycles. The van der Waals surface area contributed by atoms with Crippen molar-refractivity contribution in [2.45, 2.75) is 57.0 Å². The van der Waals surface area contributed by atoms with Crippen molar-refractivity contribution in [1.82, 2.24) is 9.88 Å². The number of aliphatic carboxylic acids is 1. The summed E-state index contributed by atoms with van der Waals surface area (Å²) in [5.74, 6) is -0.314. The van der Waals surface area contributed by atoms with Gasteiger partial charge in [-0.1, -0.05) is 42.8 Å². The Balaban J connectivity index is 0.000000205. The van der Waals surface area contributed by atoms with Crippen LogP contribution < -0.4 is 5.32 Å². The van der Waals surface area contributed by atoms with Crippen molar-refractivity contribution in [3.8, 4) is 0 Å². The Morgan fingerprint density at radius 3 is 2.48 bits per heavy atom. The topological polar surface area (TPSA) is 106 Å². The van der Waals surface area contributed by atoms with Crippen molar-refractivity contribution in [2.24, 2.45) is 0 Å². The van der Waals surface area contributed by atoms with Gasteiger partial charge in [0.15, 0.2) is 0 Å². The maximum atomic E-state index is 10.6. The van der Waals surface area contributed by atoms with Gasteiger partial charge >= 0.3 is 5.97 Å². The van der Waals surface area contributed by atoms with E-state index < -0.39 is 18.2 Å². The number of rotatable bonds is 8. The quantitative estimate of drug-likeness (QED) is 0.453. The predicted octanol–water partition coefficient (Wildman–Crippen LogP) is 3.20. The molecule has 7 heteroatoms. The van der Waals surface area contributed by atoms with Crippen LogP contribution in [0.3, 0.4) is 0 Å². The standard InChI is InChI=1S/C17H27N3.C9H10O4/c1-3-12-20(13-4-1)14-5-2-8-16-10-9-15-7-6-11-18-17(15)19-16;10-6-9(13,8(11)12)7-4-2-1-3-5-7/h9-10H,1-8,11-14H2,(H,18,19);1-5,10,13H,6H2,(H,11,12). The number of pyridine rings is 1. The lowest BCUT2D eigenvalue weighted by Gasteiger charge is -2.26. The van der Waals surface area contributed by atoms with E-state index >= 15 is 0 Å². The first-order valence-corrected chi connectivity index (χ1v) is 12.1. The SMILES string of the molecule is O=C(O)C(O)(CO)c1ccccc1.c1cc2c(nc1CCCCN1CCCCC1)NCCC2. The summed E-state index contributed by atoms with van der Waals surface area (Å²) in [6, 6.07) is 12.3. The fourth-order valence-electron chi connectivity index (χ4n) is 4.33. The number of unbranched alkanes of at least 4 members (excludes halogenated alkanes) is 1. The van der Waals surface area contributed by atoms with E-state index in [0.29, 0.717) is 0 Å². The summed E-state index contributed by atoms with van der Waals surface area (Å²) >= 11 is 0. The molecule has 1 fully saturated rings. The molecule has 1 saturated heterocycles. The van der Waals surface area contributed by atoms with Gasteiger partial charge < -0.3 is 25.5 Å². The minimum atomic E-state index is -2.19. The Bertz CT molecular complexity index is 871. The van der Waals surface area contributed by atoms with Gasteiger partial charge in [0.25, 0.3) is 0 Å². The number of hydrogen-bond acceptors (Lipinski definition) is 6. The highest BCUT2D eigenvalue weighted by Gasteiger charge is 2.37. The molecule has 4 rings (SSSR count). The number of aliphatic hydroxyl groups excluding tert-OH is 1. The van der Waals surface area contributed by atoms with Gasteiger partial charge in [-0.2, -0.15) is 0 Å². The lowest BCUT2D eigenvalue weighted by Crippen LogP contribution is -2.39. The Morgan fingerprint density at radius 1 is 1.03 bits per heavy atom. The lowest BCUT2D eigenvalue weighted by molar-refractivity contribution is -0.164. The van der Waals surface area contributed by atoms with Crippen LogP contribution in [-0.4, -0.2) is 64.0 Å². The van der Waals surface area contributed by atoms with E-state index in [1.807, 2.05) is 0 Å². The van der Waals surface area contributed by atoms with Crippen molar-refractivity contribution >= 4 is 11.8 Å². The fraction of sp³-hybridized carbons (Fsp3) is 0.538. The number of aromatic nitrogens is 1. The second-order valence-electron chi connectivity index (χ2n) is 8.89. The van der Waals surface area contributed by atoms with Crippen molar-refractivity contribution in [2.75, 3.05) is 38.1 Å². The van der Waals surface area contributed by atoms with Crippen LogP contribution in [0.25, 0.3) is 0 Å². The Kier molecular flexibility index (Phi) is 9.66. The molecule has 2 aliphatic rings. The third-order valence-corrected chi connectivity index (χ3v) is 6.39. The molecular formula is C26H37N3O4. The molecule has 0 saturated carbocycles. The van der Waals surface area contributed by atoms with Gasteiger partial charge in [0.1, 0.15) is 5.82 Å². The van der Waals surface area contributed by atoms with E-state index in [4.69, 9.17) is 15.2 Å². The van der Waals surface area contributed by atoms with E-state index in [2.05, 4.69) is 22.3 Å². The molecule has 0 radical (unpaired) electrons. The highest BCUT2D eigenvalue weighted by Crippen LogP contribution is 2.21. The molecule has 0 amide bonds. The third kappa shape index (κ3) is 7.25. The number of aliphatic hydroxyl groups is 2. The second-order valence-corrected chi connectivity index (χ2v) is 8.89. The molecule has 33 heavy (non-hydrogen) atoms. The van der Waals surface area contributed by atoms with Gasteiger partial charge in [-0.25, -0.2) is 9.78 Å². The number of piperidine rings is 1. The van der Waals surface area contributed by atoms with E-state index in [1.165, 1.54) is 88.0 Å². The van der Waals surface area contributed by atoms with Gasteiger partial charge in [-0.15, -0.1) is 0 Å². The maximum absolute atomic E-state index is 10.6. The normalized spacial score (nSPS) is 17.6. The van der Waals surface area contributed by atoms with Gasteiger partial charge in [0, 0.05) is 12.2 Å². The number of carboxylic acid groups (broad SMARTS) is 1. The van der Waals surface area contributed by atoms with Crippen molar-refractivity contribution in [1.29, 1.82) is 0 Å². The van der Waals surface area contributed by atoms with Crippen LogP contribution >= 0.6 is 0 Å². The maximum Gasteiger partial charge on any atom is 0.342 e. The van der Waals surface area contributed by atoms with E-state index in [9.17, 15) is 9.90 Å². The number of nitrogens with one attached hydrogen (secondary N) is 1. The van der Waals surface area contributed by atoms with Crippen LogP contribution in [0.1, 0.15) is 55.3 Å². The van der Waals surface area contributed by atoms with Crippen molar-refractivity contribution in [3.63, 3.8) is 0 Å². The summed E-state index contributed by atoms with van der Waals surface area (Å²) < 4.78 is 0. The molecule has 0 aliphatic carbocycles. The summed E-state index contributed by atoms with van der Waals surface area (Å²) in [7, 11) is 0. The van der Waals surface area contributed by atoms with Crippen LogP contribution in [0.4, 0.5) is 5.82 Å². The molecule has 7 nitrogen and oxygen atoms in total. The molecule has 3 heterocycles. The molecule has 4 N–H and O–H groups in total. The zero-order chi connectivity index (χ0) is 23.5. The van der Waals surface area contributed by atoms with Crippen LogP contribution in [0, 0.1) is 0 Å². The minimum Gasteiger partial charge on any atom is -0.479 e. The molecule has 1 aromatic carbocycles. The number of hydrogen-bond donors (Lipinski definition) is 4. The molecule has 1 aromatic heterocycles. The van der Waals surface area contributed by atoms with Crippen molar-refractivity contribution < 1.29 is 20.1 Å². The summed E-state index contributed by atoms with van der Waals surface area (Å²) in [5.41, 5.74) is 0.636. The fourth-order valence-corrected chi connectivity index (χ4v) is 4.33. The second kappa shape index (κ2) is 12.7. The zero-order valence-electron chi connectivity index (χ0n) is 19.4. The smallest absolute Gasteiger partial charge is 0.342 e. The number of benzene rings is 1. The highest BCUT2D eigenvalue weighted by molar-refractivity contribution is 5.79. The first-order chi connectivity index (χ1) is 16.0. The zero-order valence-corrected chi connectivity index (χ0v) is 19.4.